The molecule has 8 heteroatoms. The standard InChI is InChI=1S/C21H25ClN2O5/c1-14(25)18-17(27-2)11-16(19(22)20(18)28-3)12-24(21(23)26)9-10-29-13-15-7-5-4-6-8-15/h4-8,11H,9-10,12-13H2,1-3H3,(H2,23,26). The summed E-state index contributed by atoms with van der Waals surface area (Å²) in [5.74, 6) is 0.282. The molecule has 7 nitrogen and oxygen atoms in total. The summed E-state index contributed by atoms with van der Waals surface area (Å²) < 4.78 is 16.3. The molecule has 2 aromatic carbocycles. The van der Waals surface area contributed by atoms with Crippen LogP contribution in [0.5, 0.6) is 11.5 Å². The van der Waals surface area contributed by atoms with Crippen molar-refractivity contribution in [3.63, 3.8) is 0 Å². The molecular weight excluding hydrogens is 396 g/mol. The van der Waals surface area contributed by atoms with E-state index in [0.29, 0.717) is 24.5 Å². The first kappa shape index (κ1) is 22.5. The van der Waals surface area contributed by atoms with E-state index in [-0.39, 0.29) is 35.2 Å². The van der Waals surface area contributed by atoms with Gasteiger partial charge in [0.15, 0.2) is 11.5 Å². The molecule has 0 saturated heterocycles. The number of hydrogen-bond donors (Lipinski definition) is 1. The average Bonchev–Trinajstić information content (AvgIpc) is 2.71. The van der Waals surface area contributed by atoms with Gasteiger partial charge < -0.3 is 24.8 Å². The van der Waals surface area contributed by atoms with Gasteiger partial charge in [-0.3, -0.25) is 4.79 Å². The first-order chi connectivity index (χ1) is 13.9. The highest BCUT2D eigenvalue weighted by Crippen LogP contribution is 2.39. The topological polar surface area (TPSA) is 91.1 Å². The molecule has 2 aromatic rings. The van der Waals surface area contributed by atoms with E-state index >= 15 is 0 Å². The van der Waals surface area contributed by atoms with E-state index in [0.717, 1.165) is 5.56 Å². The maximum absolute atomic E-state index is 12.0. The van der Waals surface area contributed by atoms with E-state index < -0.39 is 6.03 Å². The predicted octanol–water partition coefficient (Wildman–Crippen LogP) is 3.66. The van der Waals surface area contributed by atoms with Gasteiger partial charge >= 0.3 is 6.03 Å². The minimum absolute atomic E-state index is 0.119. The molecule has 0 saturated carbocycles. The third kappa shape index (κ3) is 5.85. The van der Waals surface area contributed by atoms with Gasteiger partial charge in [-0.1, -0.05) is 41.9 Å². The molecule has 2 N–H and O–H groups in total. The quantitative estimate of drug-likeness (QED) is 0.468. The summed E-state index contributed by atoms with van der Waals surface area (Å²) in [6, 6.07) is 10.7. The van der Waals surface area contributed by atoms with Crippen molar-refractivity contribution in [3.8, 4) is 11.5 Å². The number of ketones is 1. The molecule has 0 unspecified atom stereocenters. The van der Waals surface area contributed by atoms with Gasteiger partial charge in [0.2, 0.25) is 0 Å². The molecule has 0 atom stereocenters. The summed E-state index contributed by atoms with van der Waals surface area (Å²) >= 11 is 6.43. The SMILES string of the molecule is COc1cc(CN(CCOCc2ccccc2)C(N)=O)c(Cl)c(OC)c1C(C)=O. The normalized spacial score (nSPS) is 10.5. The zero-order valence-electron chi connectivity index (χ0n) is 16.7. The number of ether oxygens (including phenoxy) is 3. The zero-order chi connectivity index (χ0) is 21.4. The molecule has 0 aliphatic heterocycles. The number of nitrogens with two attached hydrogens (primary N) is 1. The number of urea groups is 1. The zero-order valence-corrected chi connectivity index (χ0v) is 17.5. The lowest BCUT2D eigenvalue weighted by atomic mass is 10.0. The van der Waals surface area contributed by atoms with Crippen molar-refractivity contribution in [2.45, 2.75) is 20.1 Å². The summed E-state index contributed by atoms with van der Waals surface area (Å²) in [6.45, 7) is 2.53. The summed E-state index contributed by atoms with van der Waals surface area (Å²) in [4.78, 5) is 25.3. The second-order valence-electron chi connectivity index (χ2n) is 6.31. The molecule has 0 radical (unpaired) electrons. The second-order valence-corrected chi connectivity index (χ2v) is 6.69. The number of halogens is 1. The van der Waals surface area contributed by atoms with Crippen molar-refractivity contribution >= 4 is 23.4 Å². The largest absolute Gasteiger partial charge is 0.496 e. The van der Waals surface area contributed by atoms with Crippen LogP contribution >= 0.6 is 11.6 Å². The first-order valence-corrected chi connectivity index (χ1v) is 9.37. The van der Waals surface area contributed by atoms with Crippen molar-refractivity contribution in [1.82, 2.24) is 4.90 Å². The second kappa shape index (κ2) is 10.7. The monoisotopic (exact) mass is 420 g/mol. The Hall–Kier alpha value is -2.77. The van der Waals surface area contributed by atoms with E-state index in [2.05, 4.69) is 0 Å². The van der Waals surface area contributed by atoms with E-state index in [1.807, 2.05) is 30.3 Å². The number of benzene rings is 2. The fourth-order valence-corrected chi connectivity index (χ4v) is 3.16. The summed E-state index contributed by atoms with van der Waals surface area (Å²) in [6.07, 6.45) is 0. The molecule has 2 rings (SSSR count). The number of rotatable bonds is 10. The first-order valence-electron chi connectivity index (χ1n) is 8.99. The Morgan fingerprint density at radius 3 is 2.38 bits per heavy atom. The number of nitrogens with zero attached hydrogens (tertiary/aromatic N) is 1. The van der Waals surface area contributed by atoms with Crippen LogP contribution < -0.4 is 15.2 Å². The number of hydrogen-bond acceptors (Lipinski definition) is 5. The summed E-state index contributed by atoms with van der Waals surface area (Å²) in [5.41, 5.74) is 7.36. The maximum atomic E-state index is 12.0. The molecule has 156 valence electrons. The molecule has 2 amide bonds. The van der Waals surface area contributed by atoms with E-state index in [1.54, 1.807) is 6.07 Å². The number of carbonyl (C=O) groups excluding carboxylic acids is 2. The van der Waals surface area contributed by atoms with Crippen LogP contribution in [-0.4, -0.2) is 44.1 Å². The lowest BCUT2D eigenvalue weighted by molar-refractivity contribution is 0.0986. The minimum Gasteiger partial charge on any atom is -0.496 e. The number of carbonyl (C=O) groups is 2. The van der Waals surface area contributed by atoms with Gasteiger partial charge in [-0.15, -0.1) is 0 Å². The number of primary amides is 1. The Labute approximate surface area is 175 Å². The molecular formula is C21H25ClN2O5. The number of amides is 2. The molecule has 0 heterocycles. The molecule has 29 heavy (non-hydrogen) atoms. The van der Waals surface area contributed by atoms with Crippen molar-refractivity contribution in [2.75, 3.05) is 27.4 Å². The Morgan fingerprint density at radius 2 is 1.83 bits per heavy atom. The molecule has 0 fully saturated rings. The number of Topliss-reactive ketones (excluding diaryl/α,β-unsaturated/α-hetero) is 1. The molecule has 0 spiro atoms. The van der Waals surface area contributed by atoms with Crippen LogP contribution in [0.4, 0.5) is 4.79 Å². The maximum Gasteiger partial charge on any atom is 0.315 e. The molecule has 0 bridgehead atoms. The lowest BCUT2D eigenvalue weighted by Crippen LogP contribution is -2.37. The van der Waals surface area contributed by atoms with Crippen molar-refractivity contribution in [2.24, 2.45) is 5.73 Å². The minimum atomic E-state index is -0.613. The van der Waals surface area contributed by atoms with Crippen LogP contribution in [0.15, 0.2) is 36.4 Å². The smallest absolute Gasteiger partial charge is 0.315 e. The van der Waals surface area contributed by atoms with Gasteiger partial charge in [-0.05, 0) is 24.1 Å². The molecule has 0 aromatic heterocycles. The third-order valence-corrected chi connectivity index (χ3v) is 4.74. The van der Waals surface area contributed by atoms with Gasteiger partial charge in [0, 0.05) is 13.1 Å². The van der Waals surface area contributed by atoms with Gasteiger partial charge in [0.25, 0.3) is 0 Å². The van der Waals surface area contributed by atoms with Crippen molar-refractivity contribution < 1.29 is 23.8 Å². The molecule has 0 aliphatic rings. The van der Waals surface area contributed by atoms with Crippen LogP contribution in [-0.2, 0) is 17.9 Å². The van der Waals surface area contributed by atoms with E-state index in [9.17, 15) is 9.59 Å². The van der Waals surface area contributed by atoms with E-state index in [4.69, 9.17) is 31.5 Å². The third-order valence-electron chi connectivity index (χ3n) is 4.33. The average molecular weight is 421 g/mol. The van der Waals surface area contributed by atoms with E-state index in [1.165, 1.54) is 26.0 Å². The van der Waals surface area contributed by atoms with Crippen LogP contribution in [0, 0.1) is 0 Å². The Balaban J connectivity index is 2.13. The fourth-order valence-electron chi connectivity index (χ4n) is 2.87. The van der Waals surface area contributed by atoms with Gasteiger partial charge in [-0.2, -0.15) is 0 Å². The van der Waals surface area contributed by atoms with Crippen LogP contribution in [0.2, 0.25) is 5.02 Å². The lowest BCUT2D eigenvalue weighted by Gasteiger charge is -2.23. The van der Waals surface area contributed by atoms with Gasteiger partial charge in [0.1, 0.15) is 11.3 Å². The highest BCUT2D eigenvalue weighted by molar-refractivity contribution is 6.33. The van der Waals surface area contributed by atoms with Crippen molar-refractivity contribution in [3.05, 3.63) is 58.1 Å². The Morgan fingerprint density at radius 1 is 1.14 bits per heavy atom. The van der Waals surface area contributed by atoms with Crippen LogP contribution in [0.1, 0.15) is 28.4 Å². The van der Waals surface area contributed by atoms with Gasteiger partial charge in [-0.25, -0.2) is 4.79 Å². The highest BCUT2D eigenvalue weighted by Gasteiger charge is 2.23. The molecule has 0 aliphatic carbocycles. The van der Waals surface area contributed by atoms with Crippen LogP contribution in [0.3, 0.4) is 0 Å². The van der Waals surface area contributed by atoms with Crippen LogP contribution in [0.25, 0.3) is 0 Å². The summed E-state index contributed by atoms with van der Waals surface area (Å²) in [5, 5.41) is 0.231. The highest BCUT2D eigenvalue weighted by atomic mass is 35.5. The summed E-state index contributed by atoms with van der Waals surface area (Å²) in [7, 11) is 2.86. The predicted molar refractivity (Wildman–Crippen MR) is 111 cm³/mol. The Bertz CT molecular complexity index is 858. The Kier molecular flexibility index (Phi) is 8.30. The number of methoxy groups -OCH3 is 2. The fraction of sp³-hybridized carbons (Fsp3) is 0.333. The van der Waals surface area contributed by atoms with Crippen molar-refractivity contribution in [1.29, 1.82) is 0 Å². The van der Waals surface area contributed by atoms with Gasteiger partial charge in [0.05, 0.1) is 32.5 Å².